The molecule has 38 heavy (non-hydrogen) atoms. The molecule has 0 aliphatic carbocycles. The zero-order valence-electron chi connectivity index (χ0n) is 23.8. The van der Waals surface area contributed by atoms with E-state index in [-0.39, 0.29) is 41.5 Å². The monoisotopic (exact) mass is 549 g/mol. The molecule has 2 aliphatic heterocycles. The number of likely N-dealkylation sites (tertiary alicyclic amines) is 2. The first-order chi connectivity index (χ1) is 17.5. The van der Waals surface area contributed by atoms with Crippen molar-refractivity contribution in [3.8, 4) is 0 Å². The standard InChI is InChI=1S/C29H44ClN3O5/c1-18(2)24(31-23(34)15-19-14-22(27(3,4)5)33(16-19)26(36)37)25(35)32-13-12-29(38,28(6,7)17-32)20-8-10-21(30)11-9-20/h8-11,18-19,22,24,38H,12-17H2,1-7H3,(H,31,34)(H,36,37). The van der Waals surface area contributed by atoms with Crippen molar-refractivity contribution in [1.29, 1.82) is 0 Å². The molecule has 2 aliphatic rings. The molecule has 2 fully saturated rings. The van der Waals surface area contributed by atoms with Crippen molar-refractivity contribution in [2.24, 2.45) is 22.7 Å². The van der Waals surface area contributed by atoms with E-state index in [4.69, 9.17) is 11.6 Å². The SMILES string of the molecule is CC(C)C(NC(=O)CC1CC(C(C)(C)C)N(C(=O)O)C1)C(=O)N1CCC(O)(c2ccc(Cl)cc2)C(C)(C)C1. The number of nitrogens with zero attached hydrogens (tertiary/aromatic N) is 2. The molecule has 1 aromatic rings. The Kier molecular flexibility index (Phi) is 8.79. The Hall–Kier alpha value is -2.32. The first-order valence-electron chi connectivity index (χ1n) is 13.5. The minimum atomic E-state index is -1.12. The van der Waals surface area contributed by atoms with Gasteiger partial charge in [-0.25, -0.2) is 4.79 Å². The topological polar surface area (TPSA) is 110 Å². The highest BCUT2D eigenvalue weighted by Gasteiger charge is 2.50. The summed E-state index contributed by atoms with van der Waals surface area (Å²) in [4.78, 5) is 41.7. The molecular formula is C29H44ClN3O5. The number of carbonyl (C=O) groups excluding carboxylic acids is 2. The molecule has 0 saturated carbocycles. The number of carbonyl (C=O) groups is 3. The molecule has 3 N–H and O–H groups in total. The summed E-state index contributed by atoms with van der Waals surface area (Å²) in [7, 11) is 0. The van der Waals surface area contributed by atoms with Gasteiger partial charge >= 0.3 is 6.09 Å². The number of piperidine rings is 1. The summed E-state index contributed by atoms with van der Waals surface area (Å²) in [5.41, 5.74) is -1.21. The van der Waals surface area contributed by atoms with Crippen molar-refractivity contribution in [3.05, 3.63) is 34.9 Å². The summed E-state index contributed by atoms with van der Waals surface area (Å²) >= 11 is 6.04. The van der Waals surface area contributed by atoms with Gasteiger partial charge in [0.05, 0.1) is 5.60 Å². The van der Waals surface area contributed by atoms with Gasteiger partial charge in [-0.05, 0) is 47.8 Å². The van der Waals surface area contributed by atoms with Crippen molar-refractivity contribution < 1.29 is 24.6 Å². The number of hydrogen-bond donors (Lipinski definition) is 3. The molecule has 3 rings (SSSR count). The Morgan fingerprint density at radius 2 is 1.76 bits per heavy atom. The second kappa shape index (κ2) is 11.0. The maximum atomic E-state index is 13.6. The van der Waals surface area contributed by atoms with Crippen molar-refractivity contribution in [2.45, 2.75) is 85.4 Å². The van der Waals surface area contributed by atoms with Crippen LogP contribution in [0.5, 0.6) is 0 Å². The van der Waals surface area contributed by atoms with Crippen molar-refractivity contribution >= 4 is 29.5 Å². The summed E-state index contributed by atoms with van der Waals surface area (Å²) in [6, 6.07) is 6.33. The molecule has 2 heterocycles. The van der Waals surface area contributed by atoms with E-state index in [0.717, 1.165) is 5.56 Å². The fourth-order valence-corrected chi connectivity index (χ4v) is 6.21. The molecule has 0 spiro atoms. The minimum Gasteiger partial charge on any atom is -0.465 e. The number of benzene rings is 1. The average Bonchev–Trinajstić information content (AvgIpc) is 3.24. The second-order valence-corrected chi connectivity index (χ2v) is 13.6. The van der Waals surface area contributed by atoms with Crippen LogP contribution in [0.25, 0.3) is 0 Å². The molecule has 0 radical (unpaired) electrons. The molecule has 8 nitrogen and oxygen atoms in total. The highest BCUT2D eigenvalue weighted by Crippen LogP contribution is 2.46. The molecule has 1 aromatic carbocycles. The van der Waals surface area contributed by atoms with E-state index in [1.807, 2.05) is 60.6 Å². The number of nitrogens with one attached hydrogen (secondary N) is 1. The number of rotatable bonds is 6. The maximum absolute atomic E-state index is 13.6. The van der Waals surface area contributed by atoms with Gasteiger partial charge in [-0.1, -0.05) is 72.2 Å². The van der Waals surface area contributed by atoms with Gasteiger partial charge in [0.15, 0.2) is 0 Å². The normalized spacial score (nSPS) is 26.4. The number of aliphatic hydroxyl groups is 1. The third-order valence-electron chi connectivity index (χ3n) is 8.44. The van der Waals surface area contributed by atoms with E-state index in [1.54, 1.807) is 17.0 Å². The molecule has 9 heteroatoms. The first-order valence-corrected chi connectivity index (χ1v) is 13.9. The van der Waals surface area contributed by atoms with Gasteiger partial charge in [0.25, 0.3) is 0 Å². The summed E-state index contributed by atoms with van der Waals surface area (Å²) < 4.78 is 0. The second-order valence-electron chi connectivity index (χ2n) is 13.2. The molecule has 4 atom stereocenters. The van der Waals surface area contributed by atoms with Crippen LogP contribution in [-0.4, -0.2) is 69.6 Å². The van der Waals surface area contributed by atoms with Crippen LogP contribution in [0.4, 0.5) is 4.79 Å². The molecule has 0 aromatic heterocycles. The van der Waals surface area contributed by atoms with E-state index >= 15 is 0 Å². The molecule has 212 valence electrons. The summed E-state index contributed by atoms with van der Waals surface area (Å²) in [6.45, 7) is 14.8. The lowest BCUT2D eigenvalue weighted by Crippen LogP contribution is -2.60. The Morgan fingerprint density at radius 1 is 1.16 bits per heavy atom. The largest absolute Gasteiger partial charge is 0.465 e. The number of halogens is 1. The highest BCUT2D eigenvalue weighted by atomic mass is 35.5. The maximum Gasteiger partial charge on any atom is 0.407 e. The van der Waals surface area contributed by atoms with E-state index in [1.165, 1.54) is 4.90 Å². The fraction of sp³-hybridized carbons (Fsp3) is 0.690. The lowest BCUT2D eigenvalue weighted by molar-refractivity contribution is -0.156. The average molecular weight is 550 g/mol. The first kappa shape index (κ1) is 30.2. The number of amides is 3. The van der Waals surface area contributed by atoms with Gasteiger partial charge in [0.2, 0.25) is 11.8 Å². The lowest BCUT2D eigenvalue weighted by atomic mass is 9.66. The van der Waals surface area contributed by atoms with Gasteiger partial charge < -0.3 is 25.3 Å². The van der Waals surface area contributed by atoms with E-state index in [2.05, 4.69) is 5.32 Å². The zero-order valence-corrected chi connectivity index (χ0v) is 24.5. The van der Waals surface area contributed by atoms with Crippen LogP contribution in [0.1, 0.15) is 73.3 Å². The lowest BCUT2D eigenvalue weighted by Gasteiger charge is -2.51. The highest BCUT2D eigenvalue weighted by molar-refractivity contribution is 6.30. The van der Waals surface area contributed by atoms with E-state index in [9.17, 15) is 24.6 Å². The molecule has 3 amide bonds. The van der Waals surface area contributed by atoms with Gasteiger partial charge in [0, 0.05) is 42.5 Å². The van der Waals surface area contributed by atoms with Gasteiger partial charge in [-0.2, -0.15) is 0 Å². The summed E-state index contributed by atoms with van der Waals surface area (Å²) in [6.07, 6.45) is 0.198. The third-order valence-corrected chi connectivity index (χ3v) is 8.69. The quantitative estimate of drug-likeness (QED) is 0.475. The van der Waals surface area contributed by atoms with Crippen LogP contribution in [0.15, 0.2) is 24.3 Å². The fourth-order valence-electron chi connectivity index (χ4n) is 6.08. The third kappa shape index (κ3) is 6.28. The Morgan fingerprint density at radius 3 is 2.24 bits per heavy atom. The zero-order chi connectivity index (χ0) is 28.6. The van der Waals surface area contributed by atoms with Crippen LogP contribution in [-0.2, 0) is 15.2 Å². The molecule has 4 unspecified atom stereocenters. The summed E-state index contributed by atoms with van der Waals surface area (Å²) in [5, 5.41) is 24.9. The Balaban J connectivity index is 1.67. The van der Waals surface area contributed by atoms with Crippen LogP contribution in [0, 0.1) is 22.7 Å². The van der Waals surface area contributed by atoms with E-state index < -0.39 is 23.2 Å². The molecular weight excluding hydrogens is 506 g/mol. The van der Waals surface area contributed by atoms with E-state index in [0.29, 0.717) is 37.5 Å². The number of carboxylic acid groups (broad SMARTS) is 1. The van der Waals surface area contributed by atoms with Crippen molar-refractivity contribution in [2.75, 3.05) is 19.6 Å². The Bertz CT molecular complexity index is 1040. The summed E-state index contributed by atoms with van der Waals surface area (Å²) in [5.74, 6) is -0.629. The van der Waals surface area contributed by atoms with Crippen LogP contribution in [0.2, 0.25) is 5.02 Å². The number of hydrogen-bond acceptors (Lipinski definition) is 4. The van der Waals surface area contributed by atoms with Gasteiger partial charge in [-0.15, -0.1) is 0 Å². The minimum absolute atomic E-state index is 0.0958. The smallest absolute Gasteiger partial charge is 0.407 e. The van der Waals surface area contributed by atoms with Crippen LogP contribution >= 0.6 is 11.6 Å². The molecule has 2 saturated heterocycles. The predicted molar refractivity (Wildman–Crippen MR) is 148 cm³/mol. The van der Waals surface area contributed by atoms with Crippen LogP contribution in [0.3, 0.4) is 0 Å². The van der Waals surface area contributed by atoms with Crippen LogP contribution < -0.4 is 5.32 Å². The van der Waals surface area contributed by atoms with Gasteiger partial charge in [-0.3, -0.25) is 9.59 Å². The van der Waals surface area contributed by atoms with Crippen molar-refractivity contribution in [1.82, 2.24) is 15.1 Å². The Labute approximate surface area is 231 Å². The molecule has 0 bridgehead atoms. The van der Waals surface area contributed by atoms with Gasteiger partial charge in [0.1, 0.15) is 6.04 Å². The van der Waals surface area contributed by atoms with Crippen molar-refractivity contribution in [3.63, 3.8) is 0 Å². The predicted octanol–water partition coefficient (Wildman–Crippen LogP) is 4.73.